The van der Waals surface area contributed by atoms with Crippen molar-refractivity contribution in [2.24, 2.45) is 0 Å². The summed E-state index contributed by atoms with van der Waals surface area (Å²) >= 11 is 2.48. The van der Waals surface area contributed by atoms with Gasteiger partial charge in [0.25, 0.3) is 0 Å². The van der Waals surface area contributed by atoms with Gasteiger partial charge in [-0.25, -0.2) is 0 Å². The molecule has 27 heavy (non-hydrogen) atoms. The number of nitrogens with zero attached hydrogens (tertiary/aromatic N) is 5. The molecule has 4 aromatic rings. The van der Waals surface area contributed by atoms with Crippen LogP contribution in [0.1, 0.15) is 11.4 Å². The topological polar surface area (TPSA) is 85.6 Å². The Balaban J connectivity index is 1.49. The van der Waals surface area contributed by atoms with Crippen LogP contribution in [0, 0.1) is 13.8 Å². The van der Waals surface area contributed by atoms with Crippen LogP contribution in [0.25, 0.3) is 16.7 Å². The van der Waals surface area contributed by atoms with Gasteiger partial charge in [0.05, 0.1) is 23.2 Å². The van der Waals surface area contributed by atoms with Gasteiger partial charge in [-0.05, 0) is 43.7 Å². The summed E-state index contributed by atoms with van der Waals surface area (Å²) in [5.41, 5.74) is 4.29. The number of benzene rings is 2. The molecule has 0 aliphatic heterocycles. The highest BCUT2D eigenvalue weighted by Gasteiger charge is 2.14. The summed E-state index contributed by atoms with van der Waals surface area (Å²) < 4.78 is 10.4. The van der Waals surface area contributed by atoms with Crippen LogP contribution in [0.4, 0.5) is 5.69 Å². The van der Waals surface area contributed by atoms with E-state index in [0.717, 1.165) is 34.3 Å². The van der Waals surface area contributed by atoms with Crippen LogP contribution in [-0.2, 0) is 4.79 Å². The summed E-state index contributed by atoms with van der Waals surface area (Å²) in [6.07, 6.45) is 0. The second-order valence-corrected chi connectivity index (χ2v) is 7.45. The number of nitrogens with one attached hydrogen (secondary N) is 1. The van der Waals surface area contributed by atoms with Crippen molar-refractivity contribution >= 4 is 46.1 Å². The molecule has 0 atom stereocenters. The average molecular weight is 397 g/mol. The number of aryl methyl sites for hydroxylation is 2. The van der Waals surface area contributed by atoms with Gasteiger partial charge in [-0.15, -0.1) is 10.2 Å². The van der Waals surface area contributed by atoms with E-state index < -0.39 is 0 Å². The Morgan fingerprint density at radius 2 is 2.00 bits per heavy atom. The summed E-state index contributed by atoms with van der Waals surface area (Å²) in [5, 5.41) is 12.0. The van der Waals surface area contributed by atoms with E-state index in [2.05, 4.69) is 30.3 Å². The number of anilines is 1. The van der Waals surface area contributed by atoms with E-state index >= 15 is 0 Å². The van der Waals surface area contributed by atoms with Gasteiger partial charge in [0.2, 0.25) is 5.91 Å². The summed E-state index contributed by atoms with van der Waals surface area (Å²) in [5.74, 6) is 0.872. The molecule has 0 radical (unpaired) electrons. The molecule has 0 unspecified atom stereocenters. The van der Waals surface area contributed by atoms with Crippen LogP contribution >= 0.6 is 23.5 Å². The molecule has 2 aromatic carbocycles. The van der Waals surface area contributed by atoms with Crippen LogP contribution in [0.15, 0.2) is 47.6 Å². The van der Waals surface area contributed by atoms with Gasteiger partial charge < -0.3 is 5.32 Å². The van der Waals surface area contributed by atoms with Crippen molar-refractivity contribution in [2.75, 3.05) is 11.1 Å². The van der Waals surface area contributed by atoms with Crippen LogP contribution in [0.2, 0.25) is 0 Å². The Kier molecular flexibility index (Phi) is 4.87. The van der Waals surface area contributed by atoms with Crippen molar-refractivity contribution in [3.05, 3.63) is 53.9 Å². The molecule has 0 saturated heterocycles. The van der Waals surface area contributed by atoms with Crippen LogP contribution < -0.4 is 5.32 Å². The normalized spacial score (nSPS) is 11.0. The molecule has 9 heteroatoms. The fourth-order valence-electron chi connectivity index (χ4n) is 2.72. The van der Waals surface area contributed by atoms with Crippen molar-refractivity contribution in [1.29, 1.82) is 0 Å². The molecule has 0 fully saturated rings. The van der Waals surface area contributed by atoms with Crippen molar-refractivity contribution in [3.8, 4) is 5.69 Å². The van der Waals surface area contributed by atoms with Crippen LogP contribution in [0.5, 0.6) is 0 Å². The van der Waals surface area contributed by atoms with E-state index in [1.165, 1.54) is 11.8 Å². The zero-order valence-corrected chi connectivity index (χ0v) is 16.3. The number of thioether (sulfide) groups is 1. The molecule has 2 aromatic heterocycles. The SMILES string of the molecule is Cc1cccc(-n2c(C)nnc2SCC(=O)Nc2cccc3nsnc23)c1. The first-order valence-electron chi connectivity index (χ1n) is 8.25. The lowest BCUT2D eigenvalue weighted by molar-refractivity contribution is -0.113. The Morgan fingerprint density at radius 3 is 2.85 bits per heavy atom. The van der Waals surface area contributed by atoms with Gasteiger partial charge in [-0.1, -0.05) is 30.0 Å². The number of rotatable bonds is 5. The number of fused-ring (bicyclic) bond motifs is 1. The zero-order valence-electron chi connectivity index (χ0n) is 14.7. The summed E-state index contributed by atoms with van der Waals surface area (Å²) in [7, 11) is 0. The first kappa shape index (κ1) is 17.6. The minimum Gasteiger partial charge on any atom is -0.323 e. The number of carbonyl (C=O) groups is 1. The molecule has 136 valence electrons. The third-order valence-electron chi connectivity index (χ3n) is 3.95. The molecule has 4 rings (SSSR count). The predicted molar refractivity (Wildman–Crippen MR) is 108 cm³/mol. The second-order valence-electron chi connectivity index (χ2n) is 5.98. The molecule has 1 amide bonds. The fraction of sp³-hybridized carbons (Fsp3) is 0.167. The highest BCUT2D eigenvalue weighted by Crippen LogP contribution is 2.24. The maximum absolute atomic E-state index is 12.4. The molecule has 1 N–H and O–H groups in total. The molecule has 0 bridgehead atoms. The number of carbonyl (C=O) groups excluding carboxylic acids is 1. The van der Waals surface area contributed by atoms with Gasteiger partial charge >= 0.3 is 0 Å². The Hall–Kier alpha value is -2.78. The lowest BCUT2D eigenvalue weighted by atomic mass is 10.2. The first-order valence-corrected chi connectivity index (χ1v) is 9.96. The average Bonchev–Trinajstić information content (AvgIpc) is 3.27. The molecule has 0 aliphatic rings. The molecule has 0 saturated carbocycles. The lowest BCUT2D eigenvalue weighted by Gasteiger charge is -2.09. The molecular weight excluding hydrogens is 380 g/mol. The molecule has 0 spiro atoms. The summed E-state index contributed by atoms with van der Waals surface area (Å²) in [4.78, 5) is 12.4. The van der Waals surface area contributed by atoms with Gasteiger partial charge in [0, 0.05) is 5.69 Å². The molecular formula is C18H16N6OS2. The van der Waals surface area contributed by atoms with E-state index in [1.807, 2.05) is 54.8 Å². The highest BCUT2D eigenvalue weighted by atomic mass is 32.2. The molecule has 2 heterocycles. The third-order valence-corrected chi connectivity index (χ3v) is 5.42. The van der Waals surface area contributed by atoms with Gasteiger partial charge in [-0.2, -0.15) is 8.75 Å². The van der Waals surface area contributed by atoms with Gasteiger partial charge in [0.1, 0.15) is 16.9 Å². The maximum atomic E-state index is 12.4. The van der Waals surface area contributed by atoms with Crippen molar-refractivity contribution in [2.45, 2.75) is 19.0 Å². The van der Waals surface area contributed by atoms with E-state index in [0.29, 0.717) is 16.4 Å². The number of amides is 1. The maximum Gasteiger partial charge on any atom is 0.234 e. The zero-order chi connectivity index (χ0) is 18.8. The predicted octanol–water partition coefficient (Wildman–Crippen LogP) is 3.62. The second kappa shape index (κ2) is 7.45. The van der Waals surface area contributed by atoms with Crippen LogP contribution in [0.3, 0.4) is 0 Å². The van der Waals surface area contributed by atoms with Crippen LogP contribution in [-0.4, -0.2) is 35.2 Å². The Bertz CT molecular complexity index is 1120. The van der Waals surface area contributed by atoms with E-state index in [4.69, 9.17) is 0 Å². The number of hydrogen-bond acceptors (Lipinski definition) is 7. The largest absolute Gasteiger partial charge is 0.323 e. The van der Waals surface area contributed by atoms with E-state index in [9.17, 15) is 4.79 Å². The van der Waals surface area contributed by atoms with E-state index in [-0.39, 0.29) is 11.7 Å². The Labute approximate surface area is 164 Å². The van der Waals surface area contributed by atoms with Gasteiger partial charge in [-0.3, -0.25) is 9.36 Å². The molecule has 0 aliphatic carbocycles. The third kappa shape index (κ3) is 3.69. The monoisotopic (exact) mass is 396 g/mol. The minimum atomic E-state index is -0.128. The summed E-state index contributed by atoms with van der Waals surface area (Å²) in [6.45, 7) is 3.94. The van der Waals surface area contributed by atoms with Crippen molar-refractivity contribution in [1.82, 2.24) is 23.5 Å². The first-order chi connectivity index (χ1) is 13.1. The molecule has 7 nitrogen and oxygen atoms in total. The summed E-state index contributed by atoms with van der Waals surface area (Å²) in [6, 6.07) is 13.7. The fourth-order valence-corrected chi connectivity index (χ4v) is 4.07. The quantitative estimate of drug-likeness (QED) is 0.519. The minimum absolute atomic E-state index is 0.128. The van der Waals surface area contributed by atoms with Crippen molar-refractivity contribution < 1.29 is 4.79 Å². The van der Waals surface area contributed by atoms with Crippen molar-refractivity contribution in [3.63, 3.8) is 0 Å². The smallest absolute Gasteiger partial charge is 0.234 e. The Morgan fingerprint density at radius 1 is 1.15 bits per heavy atom. The lowest BCUT2D eigenvalue weighted by Crippen LogP contribution is -2.15. The highest BCUT2D eigenvalue weighted by molar-refractivity contribution is 7.99. The van der Waals surface area contributed by atoms with Gasteiger partial charge in [0.15, 0.2) is 5.16 Å². The van der Waals surface area contributed by atoms with E-state index in [1.54, 1.807) is 0 Å². The number of hydrogen-bond donors (Lipinski definition) is 1. The standard InChI is InChI=1S/C18H16N6OS2/c1-11-5-3-6-13(9-11)24-12(2)20-21-18(24)26-10-16(25)19-14-7-4-8-15-17(14)23-27-22-15/h3-9H,10H2,1-2H3,(H,19,25). The number of aromatic nitrogens is 5.